The number of nitrogens with one attached hydrogen (secondary N) is 6. The van der Waals surface area contributed by atoms with E-state index in [-0.39, 0.29) is 18.2 Å². The van der Waals surface area contributed by atoms with Gasteiger partial charge in [-0.15, -0.1) is 0 Å². The van der Waals surface area contributed by atoms with Crippen LogP contribution in [0.2, 0.25) is 0 Å². The van der Waals surface area contributed by atoms with Crippen LogP contribution in [0.4, 0.5) is 5.69 Å². The summed E-state index contributed by atoms with van der Waals surface area (Å²) in [4.78, 5) is 112. The number of β-amino-alcohol motifs (C(OH)–C–C–N with tert-alkyl or cyclic N) is 1. The van der Waals surface area contributed by atoms with E-state index in [2.05, 4.69) is 53.1 Å². The number of amides is 7. The number of carbonyl (C=O) groups is 7. The molecular formula is C66H92N12O23S2. The number of piperidine rings is 1. The number of ether oxygens (including phenoxy) is 2. The van der Waals surface area contributed by atoms with Gasteiger partial charge in [0.2, 0.25) is 40.4 Å². The van der Waals surface area contributed by atoms with Crippen LogP contribution in [0.3, 0.4) is 0 Å². The summed E-state index contributed by atoms with van der Waals surface area (Å²) in [5.41, 5.74) is 2.56. The normalized spacial score (nSPS) is 25.3. The predicted molar refractivity (Wildman–Crippen MR) is 370 cm³/mol. The first-order valence-corrected chi connectivity index (χ1v) is 36.1. The molecule has 0 saturated carbocycles. The quantitative estimate of drug-likeness (QED) is 0.0279. The van der Waals surface area contributed by atoms with E-state index in [4.69, 9.17) is 19.6 Å². The fraction of sp³-hybridized carbons (Fsp3) is 0.561. The zero-order chi connectivity index (χ0) is 74.6. The number of nitrogens with zero attached hydrogens (tertiary/aromatic N) is 6. The molecule has 9 rings (SSSR count). The van der Waals surface area contributed by atoms with Crippen molar-refractivity contribution in [3.05, 3.63) is 84.1 Å². The summed E-state index contributed by atoms with van der Waals surface area (Å²) in [7, 11) is 1.71. The molecular weight excluding hydrogens is 1390 g/mol. The number of anilines is 1. The predicted octanol–water partition coefficient (Wildman–Crippen LogP) is -2.08. The maximum absolute atomic E-state index is 15.0. The number of aromatic nitrogens is 3. The van der Waals surface area contributed by atoms with Crippen molar-refractivity contribution >= 4 is 74.5 Å². The molecule has 4 aliphatic rings. The van der Waals surface area contributed by atoms with Crippen molar-refractivity contribution in [1.29, 1.82) is 0 Å². The molecule has 0 spiro atoms. The summed E-state index contributed by atoms with van der Waals surface area (Å²) in [5, 5.41) is 131. The van der Waals surface area contributed by atoms with Crippen LogP contribution >= 0.6 is 22.5 Å². The van der Waals surface area contributed by atoms with Crippen molar-refractivity contribution in [3.8, 4) is 33.3 Å². The SMILES string of the molecule is COCCCCCOC1CCN(c2ccc(-c3nn4cc(-c5ccc(C(=O)NC6C[C@@H](O)CNC(=O)[C@@H]7[C@@H](O)[C@@H](C)CN7C(=O)[C@H]([C@H](O)CCNC(CO)CO)NC(=O)[C@H]([C@H](O)[C@@H](O)c7ccc(O)c(OS(O)(O)O)c7)NC(=O)[C@@H]7C[C@@H](O)CN7C(=O)[C@H]([C@@H](C)O)NC6=O)cc5)nc4s3)cc2)CC1. The molecule has 7 amide bonds. The van der Waals surface area contributed by atoms with Gasteiger partial charge in [0.15, 0.2) is 11.5 Å². The molecule has 14 atom stereocenters. The maximum atomic E-state index is 15.0. The van der Waals surface area contributed by atoms with Gasteiger partial charge in [-0.1, -0.05) is 36.5 Å². The molecule has 4 fully saturated rings. The third-order valence-electron chi connectivity index (χ3n) is 18.6. The molecule has 4 aliphatic heterocycles. The third kappa shape index (κ3) is 20.2. The fourth-order valence-corrected chi connectivity index (χ4v) is 14.1. The number of hydrogen-bond acceptors (Lipinski definition) is 28. The third-order valence-corrected chi connectivity index (χ3v) is 20.0. The second-order valence-corrected chi connectivity index (χ2v) is 28.3. The molecule has 2 aromatic heterocycles. The standard InChI is InChI=1S/C66H92N12O23S2/c1-34-29-77-54(55(34)86)62(93)68-28-42(82)26-45(69-58(89)37-9-7-36(8-10-37)46-31-78-66(70-46)102-63(74-78)38-11-14-41(15-12-38)75-21-18-44(19-22-75)100-24-6-4-5-23-99-3)59(90)71-51(35(2)81)64(94)76-30-43(83)27-47(76)60(91)73-53(57(88)56(87)39-13-16-48(84)50(25-39)101-103(96,97)98)61(92)72-52(65(77)95)49(85)17-20-67-40(32-79)33-80/h7-16,25,31,34-35,40,42-45,47,49,51-57,67,79-88,96-98H,4-6,17-24,26-30,32-33H2,1-3H3,(H,68,93)(H,69,89)(H,71,90)(H,72,92)(H,73,91)/t34-,35+,42+,43+,45?,47-,49+,51-,52-,53-,54-,55-,56-,57-/m0/s1. The minimum atomic E-state index is -4.85. The van der Waals surface area contributed by atoms with E-state index in [1.54, 1.807) is 30.0 Å². The number of benzene rings is 3. The Bertz CT molecular complexity index is 3680. The number of aliphatic hydroxyl groups excluding tert-OH is 9. The zero-order valence-corrected chi connectivity index (χ0v) is 58.4. The Morgan fingerprint density at radius 2 is 1.43 bits per heavy atom. The van der Waals surface area contributed by atoms with Crippen LogP contribution in [0, 0.1) is 5.92 Å². The van der Waals surface area contributed by atoms with E-state index in [0.29, 0.717) is 22.3 Å². The highest BCUT2D eigenvalue weighted by Crippen LogP contribution is 2.42. The van der Waals surface area contributed by atoms with Crippen LogP contribution in [-0.4, -0.2) is 288 Å². The van der Waals surface area contributed by atoms with Crippen molar-refractivity contribution in [2.75, 3.05) is 77.7 Å². The van der Waals surface area contributed by atoms with Gasteiger partial charge in [-0.2, -0.15) is 5.10 Å². The van der Waals surface area contributed by atoms with Gasteiger partial charge >= 0.3 is 0 Å². The molecule has 103 heavy (non-hydrogen) atoms. The molecule has 4 saturated heterocycles. The topological polar surface area (TPSA) is 522 Å². The summed E-state index contributed by atoms with van der Waals surface area (Å²) >= 11 is -3.47. The van der Waals surface area contributed by atoms with E-state index < -0.39 is 213 Å². The number of aromatic hydroxyl groups is 1. The lowest BCUT2D eigenvalue weighted by Crippen LogP contribution is -2.64. The van der Waals surface area contributed by atoms with E-state index in [9.17, 15) is 93.5 Å². The van der Waals surface area contributed by atoms with E-state index in [0.717, 1.165) is 104 Å². The average Bonchev–Trinajstić information content (AvgIpc) is 1.68. The number of rotatable bonds is 25. The minimum Gasteiger partial charge on any atom is -0.504 e. The minimum absolute atomic E-state index is 0.0159. The summed E-state index contributed by atoms with van der Waals surface area (Å²) < 4.78 is 46.3. The van der Waals surface area contributed by atoms with Gasteiger partial charge < -0.3 is 111 Å². The average molecular weight is 1490 g/mol. The lowest BCUT2D eigenvalue weighted by atomic mass is 9.96. The fourth-order valence-electron chi connectivity index (χ4n) is 12.8. The summed E-state index contributed by atoms with van der Waals surface area (Å²) in [6.07, 6.45) is -8.67. The highest BCUT2D eigenvalue weighted by atomic mass is 32.3. The van der Waals surface area contributed by atoms with Gasteiger partial charge in [0.05, 0.1) is 67.8 Å². The number of unbranched alkanes of at least 4 members (excludes halogenated alkanes) is 2. The molecule has 566 valence electrons. The molecule has 5 aromatic rings. The zero-order valence-electron chi connectivity index (χ0n) is 56.8. The first kappa shape index (κ1) is 79.3. The highest BCUT2D eigenvalue weighted by Gasteiger charge is 2.50. The summed E-state index contributed by atoms with van der Waals surface area (Å²) in [5.74, 6) is -11.3. The Morgan fingerprint density at radius 1 is 0.767 bits per heavy atom. The second kappa shape index (κ2) is 35.8. The van der Waals surface area contributed by atoms with Crippen molar-refractivity contribution in [2.24, 2.45) is 5.92 Å². The number of aliphatic hydroxyl groups is 9. The Labute approximate surface area is 597 Å². The van der Waals surface area contributed by atoms with Gasteiger partial charge in [-0.25, -0.2) is 9.50 Å². The van der Waals surface area contributed by atoms with Gasteiger partial charge in [-0.3, -0.25) is 47.2 Å². The van der Waals surface area contributed by atoms with Crippen molar-refractivity contribution in [3.63, 3.8) is 0 Å². The Morgan fingerprint density at radius 3 is 2.09 bits per heavy atom. The number of imidazole rings is 1. The second-order valence-electron chi connectivity index (χ2n) is 26.2. The Balaban J connectivity index is 0.958. The molecule has 6 heterocycles. The van der Waals surface area contributed by atoms with E-state index in [1.807, 2.05) is 12.1 Å². The van der Waals surface area contributed by atoms with Crippen LogP contribution < -0.4 is 41.0 Å². The van der Waals surface area contributed by atoms with Gasteiger partial charge in [0.1, 0.15) is 53.5 Å². The lowest BCUT2D eigenvalue weighted by Gasteiger charge is -2.34. The van der Waals surface area contributed by atoms with Crippen LogP contribution in [-0.2, 0) is 38.2 Å². The number of methoxy groups -OCH3 is 1. The summed E-state index contributed by atoms with van der Waals surface area (Å²) in [6.45, 7) is 2.52. The maximum Gasteiger partial charge on any atom is 0.266 e. The molecule has 0 bridgehead atoms. The monoisotopic (exact) mass is 1480 g/mol. The largest absolute Gasteiger partial charge is 0.504 e. The number of hydrogen-bond donors (Lipinski definition) is 19. The van der Waals surface area contributed by atoms with Crippen LogP contribution in [0.15, 0.2) is 72.9 Å². The molecule has 35 nitrogen and oxygen atoms in total. The number of fused-ring (bicyclic) bond motifs is 3. The van der Waals surface area contributed by atoms with E-state index in [1.165, 1.54) is 30.4 Å². The van der Waals surface area contributed by atoms with Crippen LogP contribution in [0.25, 0.3) is 26.8 Å². The molecule has 1 unspecified atom stereocenters. The number of phenols is 1. The Kier molecular flexibility index (Phi) is 27.6. The smallest absolute Gasteiger partial charge is 0.266 e. The molecule has 37 heteroatoms. The number of carbonyl (C=O) groups excluding carboxylic acids is 7. The van der Waals surface area contributed by atoms with E-state index >= 15 is 4.79 Å². The summed E-state index contributed by atoms with van der Waals surface area (Å²) in [6, 6.07) is 3.49. The first-order valence-electron chi connectivity index (χ1n) is 33.8. The molecule has 0 aliphatic carbocycles. The Hall–Kier alpha value is -7.80. The molecule has 0 radical (unpaired) electrons. The molecule has 3 aromatic carbocycles. The van der Waals surface area contributed by atoms with Gasteiger partial charge in [0, 0.05) is 94.2 Å². The first-order chi connectivity index (χ1) is 49.1. The van der Waals surface area contributed by atoms with Crippen molar-refractivity contribution in [2.45, 2.75) is 156 Å². The van der Waals surface area contributed by atoms with Crippen LogP contribution in [0.5, 0.6) is 11.5 Å². The number of phenolic OH excluding ortho intramolecular Hbond substituents is 1. The lowest BCUT2D eigenvalue weighted by molar-refractivity contribution is -0.148. The molecule has 19 N–H and O–H groups in total. The van der Waals surface area contributed by atoms with Gasteiger partial charge in [-0.05, 0) is 106 Å². The van der Waals surface area contributed by atoms with Crippen molar-refractivity contribution < 1.29 is 112 Å². The highest BCUT2D eigenvalue weighted by molar-refractivity contribution is 8.15. The van der Waals surface area contributed by atoms with Crippen molar-refractivity contribution in [1.82, 2.24) is 56.3 Å². The van der Waals surface area contributed by atoms with Crippen LogP contribution in [0.1, 0.15) is 87.2 Å². The van der Waals surface area contributed by atoms with Gasteiger partial charge in [0.25, 0.3) is 17.1 Å².